The number of rotatable bonds is 8. The summed E-state index contributed by atoms with van der Waals surface area (Å²) in [5.41, 5.74) is 1.16. The first-order valence-corrected chi connectivity index (χ1v) is 11.8. The van der Waals surface area contributed by atoms with Crippen LogP contribution in [0, 0.1) is 0 Å². The minimum Gasteiger partial charge on any atom is -0.459 e. The Morgan fingerprint density at radius 3 is 2.24 bits per heavy atom. The average molecular weight is 363 g/mol. The minimum absolute atomic E-state index is 0.00592. The van der Waals surface area contributed by atoms with Gasteiger partial charge in [0.1, 0.15) is 13.3 Å². The highest BCUT2D eigenvalue weighted by molar-refractivity contribution is 6.84. The molecule has 25 heavy (non-hydrogen) atoms. The predicted octanol–water partition coefficient (Wildman–Crippen LogP) is 5.45. The fraction of sp³-hybridized carbons (Fsp3) is 0.571. The van der Waals surface area contributed by atoms with Crippen molar-refractivity contribution < 1.29 is 14.3 Å². The van der Waals surface area contributed by atoms with Gasteiger partial charge in [0.05, 0.1) is 6.61 Å². The summed E-state index contributed by atoms with van der Waals surface area (Å²) in [6.07, 6.45) is 5.04. The number of carbonyl (C=O) groups excluding carboxylic acids is 1. The third-order valence-electron chi connectivity index (χ3n) is 5.35. The summed E-state index contributed by atoms with van der Waals surface area (Å²) in [6.45, 7) is 15.4. The molecule has 1 aromatic rings. The van der Waals surface area contributed by atoms with Crippen LogP contribution in [0.15, 0.2) is 42.5 Å². The molecule has 3 nitrogen and oxygen atoms in total. The molecule has 0 amide bonds. The van der Waals surface area contributed by atoms with Gasteiger partial charge in [0.25, 0.3) is 0 Å². The Kier molecular flexibility index (Phi) is 7.63. The van der Waals surface area contributed by atoms with E-state index >= 15 is 0 Å². The molecule has 0 bridgehead atoms. The van der Waals surface area contributed by atoms with E-state index in [1.165, 1.54) is 0 Å². The van der Waals surface area contributed by atoms with Crippen LogP contribution in [0.3, 0.4) is 0 Å². The molecular weight excluding hydrogens is 328 g/mol. The maximum absolute atomic E-state index is 12.1. The van der Waals surface area contributed by atoms with E-state index in [2.05, 4.69) is 39.5 Å². The third kappa shape index (κ3) is 5.29. The standard InChI is InChI=1S/C21H34O3Si/c1-8-15-21(6,24-19(22)9-2)25(7,20(3,4)5)17-23-16-18-13-11-10-12-14-18/h8,10-15H,9,16-17H2,1-7H3/b15-8+/t21-,25+/m0/s1. The van der Waals surface area contributed by atoms with Crippen LogP contribution in [-0.2, 0) is 20.9 Å². The van der Waals surface area contributed by atoms with Gasteiger partial charge < -0.3 is 9.47 Å². The van der Waals surface area contributed by atoms with Gasteiger partial charge in [-0.3, -0.25) is 4.79 Å². The van der Waals surface area contributed by atoms with Gasteiger partial charge in [-0.2, -0.15) is 0 Å². The van der Waals surface area contributed by atoms with Crippen molar-refractivity contribution in [3.8, 4) is 0 Å². The maximum atomic E-state index is 12.1. The van der Waals surface area contributed by atoms with Gasteiger partial charge in [-0.25, -0.2) is 0 Å². The molecule has 0 saturated carbocycles. The third-order valence-corrected chi connectivity index (χ3v) is 11.9. The number of ether oxygens (including phenoxy) is 2. The summed E-state index contributed by atoms with van der Waals surface area (Å²) in [5.74, 6) is -0.161. The van der Waals surface area contributed by atoms with Crippen molar-refractivity contribution in [2.45, 2.75) is 71.4 Å². The lowest BCUT2D eigenvalue weighted by molar-refractivity contribution is -0.149. The summed E-state index contributed by atoms with van der Waals surface area (Å²) in [7, 11) is -2.21. The lowest BCUT2D eigenvalue weighted by Gasteiger charge is -2.50. The summed E-state index contributed by atoms with van der Waals surface area (Å²) >= 11 is 0. The zero-order valence-electron chi connectivity index (χ0n) is 16.9. The van der Waals surface area contributed by atoms with Crippen molar-refractivity contribution in [2.75, 3.05) is 6.23 Å². The Balaban J connectivity index is 3.07. The quantitative estimate of drug-likeness (QED) is 0.350. The van der Waals surface area contributed by atoms with Gasteiger partial charge in [-0.05, 0) is 30.5 Å². The monoisotopic (exact) mass is 362 g/mol. The Morgan fingerprint density at radius 2 is 1.76 bits per heavy atom. The van der Waals surface area contributed by atoms with Crippen LogP contribution in [0.1, 0.15) is 53.5 Å². The number of allylic oxidation sites excluding steroid dienone is 1. The molecule has 140 valence electrons. The molecule has 0 aliphatic heterocycles. The van der Waals surface area contributed by atoms with E-state index in [4.69, 9.17) is 9.47 Å². The molecule has 4 heteroatoms. The molecule has 0 radical (unpaired) electrons. The fourth-order valence-corrected chi connectivity index (χ4v) is 6.60. The summed E-state index contributed by atoms with van der Waals surface area (Å²) in [6, 6.07) is 10.2. The normalized spacial score (nSPS) is 17.1. The zero-order chi connectivity index (χ0) is 19.1. The highest BCUT2D eigenvalue weighted by Gasteiger charge is 2.55. The van der Waals surface area contributed by atoms with Gasteiger partial charge >= 0.3 is 5.97 Å². The highest BCUT2D eigenvalue weighted by atomic mass is 28.3. The van der Waals surface area contributed by atoms with Crippen LogP contribution >= 0.6 is 0 Å². The van der Waals surface area contributed by atoms with Crippen LogP contribution < -0.4 is 0 Å². The second kappa shape index (κ2) is 8.81. The second-order valence-electron chi connectivity index (χ2n) is 8.00. The second-order valence-corrected chi connectivity index (χ2v) is 13.4. The van der Waals surface area contributed by atoms with E-state index in [9.17, 15) is 4.79 Å². The SMILES string of the molecule is C/C=C/[C@@](C)(OC(=O)CC)[Si@](C)(COCc1ccccc1)C(C)(C)C. The van der Waals surface area contributed by atoms with Crippen molar-refractivity contribution in [2.24, 2.45) is 0 Å². The van der Waals surface area contributed by atoms with E-state index in [0.717, 1.165) is 5.56 Å². The topological polar surface area (TPSA) is 35.5 Å². The molecule has 0 aromatic heterocycles. The van der Waals surface area contributed by atoms with Crippen molar-refractivity contribution >= 4 is 14.0 Å². The predicted molar refractivity (Wildman–Crippen MR) is 107 cm³/mol. The molecule has 1 aromatic carbocycles. The molecule has 0 aliphatic rings. The number of hydrogen-bond donors (Lipinski definition) is 0. The lowest BCUT2D eigenvalue weighted by Crippen LogP contribution is -2.64. The first-order valence-electron chi connectivity index (χ1n) is 9.07. The molecule has 0 N–H and O–H groups in total. The molecule has 1 rings (SSSR count). The minimum atomic E-state index is -2.21. The van der Waals surface area contributed by atoms with Gasteiger partial charge in [0.2, 0.25) is 0 Å². The molecular formula is C21H34O3Si. The molecule has 2 atom stereocenters. The fourth-order valence-electron chi connectivity index (χ4n) is 3.01. The highest BCUT2D eigenvalue weighted by Crippen LogP contribution is 2.45. The zero-order valence-corrected chi connectivity index (χ0v) is 17.9. The summed E-state index contributed by atoms with van der Waals surface area (Å²) in [4.78, 5) is 12.1. The van der Waals surface area contributed by atoms with Crippen molar-refractivity contribution in [1.29, 1.82) is 0 Å². The van der Waals surface area contributed by atoms with Crippen molar-refractivity contribution in [3.05, 3.63) is 48.0 Å². The van der Waals surface area contributed by atoms with Crippen molar-refractivity contribution in [1.82, 2.24) is 0 Å². The summed E-state index contributed by atoms with van der Waals surface area (Å²) < 4.78 is 12.1. The molecule has 0 spiro atoms. The number of esters is 1. The van der Waals surface area contributed by atoms with Gasteiger partial charge in [0.15, 0.2) is 0 Å². The van der Waals surface area contributed by atoms with E-state index in [1.807, 2.05) is 51.1 Å². The first-order chi connectivity index (χ1) is 11.6. The Bertz CT molecular complexity index is 577. The van der Waals surface area contributed by atoms with E-state index in [1.54, 1.807) is 0 Å². The van der Waals surface area contributed by atoms with Gasteiger partial charge in [-0.1, -0.05) is 70.6 Å². The van der Waals surface area contributed by atoms with Crippen molar-refractivity contribution in [3.63, 3.8) is 0 Å². The van der Waals surface area contributed by atoms with E-state index in [0.29, 0.717) is 19.3 Å². The largest absolute Gasteiger partial charge is 0.459 e. The first kappa shape index (κ1) is 21.6. The van der Waals surface area contributed by atoms with Crippen LogP contribution in [0.4, 0.5) is 0 Å². The van der Waals surface area contributed by atoms with Gasteiger partial charge in [-0.15, -0.1) is 0 Å². The number of hydrogen-bond acceptors (Lipinski definition) is 3. The van der Waals surface area contributed by atoms with Crippen LogP contribution in [0.5, 0.6) is 0 Å². The van der Waals surface area contributed by atoms with Crippen LogP contribution in [-0.4, -0.2) is 25.5 Å². The summed E-state index contributed by atoms with van der Waals surface area (Å²) in [5, 5.41) is -0.601. The van der Waals surface area contributed by atoms with Crippen LogP contribution in [0.2, 0.25) is 11.6 Å². The molecule has 0 fully saturated rings. The average Bonchev–Trinajstić information content (AvgIpc) is 2.54. The molecule has 0 unspecified atom stereocenters. The Hall–Kier alpha value is -1.39. The van der Waals surface area contributed by atoms with E-state index in [-0.39, 0.29) is 11.0 Å². The molecule has 0 aliphatic carbocycles. The smallest absolute Gasteiger partial charge is 0.306 e. The van der Waals surface area contributed by atoms with Crippen LogP contribution in [0.25, 0.3) is 0 Å². The van der Waals surface area contributed by atoms with E-state index < -0.39 is 13.3 Å². The van der Waals surface area contributed by atoms with Gasteiger partial charge in [0, 0.05) is 12.7 Å². The Morgan fingerprint density at radius 1 is 1.16 bits per heavy atom. The number of benzene rings is 1. The maximum Gasteiger partial charge on any atom is 0.306 e. The number of carbonyl (C=O) groups is 1. The lowest BCUT2D eigenvalue weighted by atomic mass is 10.2. The molecule has 0 saturated heterocycles. The Labute approximate surface area is 154 Å². The molecule has 0 heterocycles.